The predicted molar refractivity (Wildman–Crippen MR) is 79.7 cm³/mol. The van der Waals surface area contributed by atoms with Gasteiger partial charge in [-0.3, -0.25) is 9.59 Å². The van der Waals surface area contributed by atoms with Crippen LogP contribution in [-0.4, -0.2) is 24.3 Å². The van der Waals surface area contributed by atoms with E-state index in [1.54, 1.807) is 41.8 Å². The number of ether oxygens (including phenoxy) is 1. The third kappa shape index (κ3) is 4.25. The Morgan fingerprint density at radius 3 is 2.43 bits per heavy atom. The number of esters is 1. The van der Waals surface area contributed by atoms with Crippen LogP contribution in [0.4, 0.5) is 5.69 Å². The molecule has 0 unspecified atom stereocenters. The van der Waals surface area contributed by atoms with E-state index in [2.05, 4.69) is 5.32 Å². The number of hydrogen-bond donors (Lipinski definition) is 1. The third-order valence-electron chi connectivity index (χ3n) is 2.58. The Hall–Kier alpha value is -2.47. The summed E-state index contributed by atoms with van der Waals surface area (Å²) in [5, 5.41) is 4.37. The molecule has 0 bridgehead atoms. The van der Waals surface area contributed by atoms with Gasteiger partial charge in [0.25, 0.3) is 0 Å². The van der Waals surface area contributed by atoms with Crippen molar-refractivity contribution in [2.75, 3.05) is 11.9 Å². The lowest BCUT2D eigenvalue weighted by molar-refractivity contribution is -0.114. The molecular formula is C15H13NO4S. The van der Waals surface area contributed by atoms with Crippen LogP contribution < -0.4 is 5.32 Å². The van der Waals surface area contributed by atoms with Crippen molar-refractivity contribution in [1.29, 1.82) is 0 Å². The Kier molecular flexibility index (Phi) is 4.84. The molecule has 1 amide bonds. The molecule has 0 fully saturated rings. The van der Waals surface area contributed by atoms with Crippen molar-refractivity contribution in [3.63, 3.8) is 0 Å². The molecule has 2 aromatic rings. The monoisotopic (exact) mass is 303 g/mol. The lowest BCUT2D eigenvalue weighted by Gasteiger charge is -2.05. The van der Waals surface area contributed by atoms with Crippen molar-refractivity contribution in [3.8, 4) is 0 Å². The molecule has 1 N–H and O–H groups in total. The number of Topliss-reactive ketones (excluding diaryl/α,β-unsaturated/α-hetero) is 1. The SMILES string of the molecule is CC(=O)Nc1ccc(C(=O)COC(=O)c2cccs2)cc1. The van der Waals surface area contributed by atoms with E-state index in [9.17, 15) is 14.4 Å². The van der Waals surface area contributed by atoms with Gasteiger partial charge in [0, 0.05) is 18.2 Å². The maximum Gasteiger partial charge on any atom is 0.348 e. The second-order valence-electron chi connectivity index (χ2n) is 4.24. The summed E-state index contributed by atoms with van der Waals surface area (Å²) in [5.41, 5.74) is 1.03. The summed E-state index contributed by atoms with van der Waals surface area (Å²) in [7, 11) is 0. The molecule has 5 nitrogen and oxygen atoms in total. The van der Waals surface area contributed by atoms with E-state index in [-0.39, 0.29) is 18.3 Å². The first-order chi connectivity index (χ1) is 10.1. The average Bonchev–Trinajstić information content (AvgIpc) is 2.99. The molecular weight excluding hydrogens is 290 g/mol. The number of thiophene rings is 1. The number of hydrogen-bond acceptors (Lipinski definition) is 5. The minimum atomic E-state index is -0.506. The normalized spacial score (nSPS) is 9.95. The third-order valence-corrected chi connectivity index (χ3v) is 3.43. The number of benzene rings is 1. The molecule has 0 aliphatic heterocycles. The van der Waals surface area contributed by atoms with Crippen molar-refractivity contribution in [1.82, 2.24) is 0 Å². The van der Waals surface area contributed by atoms with Crippen LogP contribution in [0.15, 0.2) is 41.8 Å². The lowest BCUT2D eigenvalue weighted by atomic mass is 10.1. The molecule has 0 saturated carbocycles. The summed E-state index contributed by atoms with van der Waals surface area (Å²) in [6.07, 6.45) is 0. The largest absolute Gasteiger partial charge is 0.453 e. The lowest BCUT2D eigenvalue weighted by Crippen LogP contribution is -2.13. The number of nitrogens with one attached hydrogen (secondary N) is 1. The fourth-order valence-electron chi connectivity index (χ4n) is 1.62. The zero-order valence-electron chi connectivity index (χ0n) is 11.3. The van der Waals surface area contributed by atoms with Gasteiger partial charge in [-0.05, 0) is 35.7 Å². The fourth-order valence-corrected chi connectivity index (χ4v) is 2.24. The molecule has 0 spiro atoms. The fraction of sp³-hybridized carbons (Fsp3) is 0.133. The number of ketones is 1. The van der Waals surface area contributed by atoms with Crippen molar-refractivity contribution < 1.29 is 19.1 Å². The summed E-state index contributed by atoms with van der Waals surface area (Å²) in [6, 6.07) is 9.77. The van der Waals surface area contributed by atoms with Gasteiger partial charge >= 0.3 is 5.97 Å². The van der Waals surface area contributed by atoms with Gasteiger partial charge in [0.05, 0.1) is 0 Å². The summed E-state index contributed by atoms with van der Waals surface area (Å²) < 4.78 is 4.95. The molecule has 0 radical (unpaired) electrons. The van der Waals surface area contributed by atoms with Gasteiger partial charge in [-0.2, -0.15) is 0 Å². The second kappa shape index (κ2) is 6.81. The van der Waals surface area contributed by atoms with Crippen LogP contribution in [0.3, 0.4) is 0 Å². The Morgan fingerprint density at radius 2 is 1.86 bits per heavy atom. The van der Waals surface area contributed by atoms with Crippen LogP contribution in [0.25, 0.3) is 0 Å². The van der Waals surface area contributed by atoms with Gasteiger partial charge in [0.1, 0.15) is 4.88 Å². The van der Waals surface area contributed by atoms with E-state index in [0.29, 0.717) is 16.1 Å². The van der Waals surface area contributed by atoms with Gasteiger partial charge in [-0.1, -0.05) is 6.07 Å². The van der Waals surface area contributed by atoms with Gasteiger partial charge in [0.15, 0.2) is 12.4 Å². The topological polar surface area (TPSA) is 72.5 Å². The van der Waals surface area contributed by atoms with Crippen molar-refractivity contribution >= 4 is 34.7 Å². The van der Waals surface area contributed by atoms with Gasteiger partial charge in [-0.15, -0.1) is 11.3 Å². The molecule has 1 aromatic carbocycles. The van der Waals surface area contributed by atoms with Crippen LogP contribution in [0, 0.1) is 0 Å². The van der Waals surface area contributed by atoms with Gasteiger partial charge in [-0.25, -0.2) is 4.79 Å². The highest BCUT2D eigenvalue weighted by Crippen LogP contribution is 2.12. The molecule has 1 heterocycles. The van der Waals surface area contributed by atoms with E-state index >= 15 is 0 Å². The van der Waals surface area contributed by atoms with Crippen LogP contribution in [0.1, 0.15) is 27.0 Å². The maximum atomic E-state index is 11.9. The van der Waals surface area contributed by atoms with Crippen LogP contribution in [0.5, 0.6) is 0 Å². The molecule has 2 rings (SSSR count). The summed E-state index contributed by atoms with van der Waals surface area (Å²) in [6.45, 7) is 1.10. The highest BCUT2D eigenvalue weighted by atomic mass is 32.1. The van der Waals surface area contributed by atoms with E-state index in [1.807, 2.05) is 0 Å². The minimum absolute atomic E-state index is 0.182. The second-order valence-corrected chi connectivity index (χ2v) is 5.18. The van der Waals surface area contributed by atoms with E-state index in [0.717, 1.165) is 0 Å². The van der Waals surface area contributed by atoms with Crippen LogP contribution in [0.2, 0.25) is 0 Å². The maximum absolute atomic E-state index is 11.9. The first-order valence-electron chi connectivity index (χ1n) is 6.18. The van der Waals surface area contributed by atoms with Gasteiger partial charge < -0.3 is 10.1 Å². The first-order valence-corrected chi connectivity index (χ1v) is 7.05. The molecule has 0 aliphatic carbocycles. The highest BCUT2D eigenvalue weighted by Gasteiger charge is 2.12. The van der Waals surface area contributed by atoms with Crippen LogP contribution >= 0.6 is 11.3 Å². The Balaban J connectivity index is 1.91. The molecule has 0 saturated heterocycles. The number of anilines is 1. The number of carbonyl (C=O) groups excluding carboxylic acids is 3. The highest BCUT2D eigenvalue weighted by molar-refractivity contribution is 7.11. The molecule has 0 atom stereocenters. The average molecular weight is 303 g/mol. The predicted octanol–water partition coefficient (Wildman–Crippen LogP) is 2.75. The zero-order chi connectivity index (χ0) is 15.2. The number of carbonyl (C=O) groups is 3. The number of rotatable bonds is 5. The van der Waals surface area contributed by atoms with Gasteiger partial charge in [0.2, 0.25) is 5.91 Å². The van der Waals surface area contributed by atoms with Crippen molar-refractivity contribution in [2.24, 2.45) is 0 Å². The standard InChI is InChI=1S/C15H13NO4S/c1-10(17)16-12-6-4-11(5-7-12)13(18)9-20-15(19)14-3-2-8-21-14/h2-8H,9H2,1H3,(H,16,17). The molecule has 108 valence electrons. The molecule has 0 aliphatic rings. The summed E-state index contributed by atoms with van der Waals surface area (Å²) in [4.78, 5) is 34.8. The summed E-state index contributed by atoms with van der Waals surface area (Å²) in [5.74, 6) is -0.985. The first kappa shape index (κ1) is 14.9. The Bertz CT molecular complexity index is 647. The van der Waals surface area contributed by atoms with E-state index in [1.165, 1.54) is 18.3 Å². The molecule has 6 heteroatoms. The smallest absolute Gasteiger partial charge is 0.348 e. The Labute approximate surface area is 125 Å². The quantitative estimate of drug-likeness (QED) is 0.681. The molecule has 21 heavy (non-hydrogen) atoms. The molecule has 1 aromatic heterocycles. The zero-order valence-corrected chi connectivity index (χ0v) is 12.1. The summed E-state index contributed by atoms with van der Waals surface area (Å²) >= 11 is 1.26. The minimum Gasteiger partial charge on any atom is -0.453 e. The number of amides is 1. The van der Waals surface area contributed by atoms with Crippen molar-refractivity contribution in [3.05, 3.63) is 52.2 Å². The van der Waals surface area contributed by atoms with E-state index in [4.69, 9.17) is 4.74 Å². The van der Waals surface area contributed by atoms with E-state index < -0.39 is 5.97 Å². The Morgan fingerprint density at radius 1 is 1.14 bits per heavy atom. The van der Waals surface area contributed by atoms with Crippen molar-refractivity contribution in [2.45, 2.75) is 6.92 Å². The van der Waals surface area contributed by atoms with Crippen LogP contribution in [-0.2, 0) is 9.53 Å².